The highest BCUT2D eigenvalue weighted by Gasteiger charge is 2.76. The molecule has 0 aromatic heterocycles. The van der Waals surface area contributed by atoms with Gasteiger partial charge in [-0.25, -0.2) is 13.6 Å². The Labute approximate surface area is 98.5 Å². The molecule has 1 saturated heterocycles. The van der Waals surface area contributed by atoms with Crippen LogP contribution in [0.5, 0.6) is 0 Å². The molecule has 0 bridgehead atoms. The maximum absolute atomic E-state index is 13.2. The summed E-state index contributed by atoms with van der Waals surface area (Å²) in [6.07, 6.45) is -0.625. The van der Waals surface area contributed by atoms with Crippen molar-refractivity contribution in [2.45, 2.75) is 38.3 Å². The number of nitrogens with zero attached hydrogens (tertiary/aromatic N) is 1. The molecule has 4 nitrogen and oxygen atoms in total. The van der Waals surface area contributed by atoms with Gasteiger partial charge in [-0.15, -0.1) is 0 Å². The molecule has 1 aliphatic carbocycles. The zero-order valence-electron chi connectivity index (χ0n) is 10.1. The second kappa shape index (κ2) is 3.54. The van der Waals surface area contributed by atoms with E-state index in [1.807, 2.05) is 0 Å². The molecule has 3 atom stereocenters. The first-order chi connectivity index (χ1) is 7.68. The Morgan fingerprint density at radius 3 is 2.59 bits per heavy atom. The van der Waals surface area contributed by atoms with Crippen LogP contribution in [-0.4, -0.2) is 46.8 Å². The monoisotopic (exact) mass is 249 g/mol. The summed E-state index contributed by atoms with van der Waals surface area (Å²) in [5, 5.41) is 9.13. The molecule has 1 saturated carbocycles. The van der Waals surface area contributed by atoms with Gasteiger partial charge in [0, 0.05) is 6.54 Å². The number of hydrogen-bond donors (Lipinski definition) is 1. The molecule has 2 unspecified atom stereocenters. The Morgan fingerprint density at radius 1 is 1.53 bits per heavy atom. The molecule has 1 aliphatic heterocycles. The Morgan fingerprint density at radius 2 is 2.12 bits per heavy atom. The number of aliphatic hydroxyl groups is 1. The third kappa shape index (κ3) is 1.99. The maximum atomic E-state index is 13.2. The fourth-order valence-corrected chi connectivity index (χ4v) is 2.46. The lowest BCUT2D eigenvalue weighted by atomic mass is 10.2. The summed E-state index contributed by atoms with van der Waals surface area (Å²) in [4.78, 5) is 13.0. The lowest BCUT2D eigenvalue weighted by Gasteiger charge is -2.30. The summed E-state index contributed by atoms with van der Waals surface area (Å²) in [7, 11) is 0. The van der Waals surface area contributed by atoms with Crippen LogP contribution < -0.4 is 0 Å². The summed E-state index contributed by atoms with van der Waals surface area (Å²) in [5.41, 5.74) is -0.660. The number of halogens is 2. The molecule has 2 rings (SSSR count). The standard InChI is InChI=1S/C11H17F2NO3/c1-10(2,3)17-9(16)14-4-6-8(7(14)5-15)11(6,12)13/h6-8,15H,4-5H2,1-3H3/t6?,7-,8?/m0/s1. The SMILES string of the molecule is CC(C)(C)OC(=O)N1CC2C([C@@H]1CO)C2(F)F. The minimum atomic E-state index is -2.73. The van der Waals surface area contributed by atoms with Crippen LogP contribution in [0.4, 0.5) is 13.6 Å². The first kappa shape index (κ1) is 12.5. The molecule has 98 valence electrons. The summed E-state index contributed by atoms with van der Waals surface area (Å²) in [6.45, 7) is 4.66. The van der Waals surface area contributed by atoms with E-state index in [0.717, 1.165) is 0 Å². The second-order valence-electron chi connectivity index (χ2n) is 5.69. The minimum Gasteiger partial charge on any atom is -0.444 e. The Bertz CT molecular complexity index is 340. The average Bonchev–Trinajstić information content (AvgIpc) is 2.59. The fraction of sp³-hybridized carbons (Fsp3) is 0.909. The van der Waals surface area contributed by atoms with E-state index in [0.29, 0.717) is 0 Å². The highest BCUT2D eigenvalue weighted by molar-refractivity contribution is 5.69. The maximum Gasteiger partial charge on any atom is 0.410 e. The smallest absolute Gasteiger partial charge is 0.410 e. The zero-order chi connectivity index (χ0) is 13.0. The van der Waals surface area contributed by atoms with Gasteiger partial charge in [-0.05, 0) is 20.8 Å². The van der Waals surface area contributed by atoms with E-state index >= 15 is 0 Å². The van der Waals surface area contributed by atoms with E-state index in [1.54, 1.807) is 20.8 Å². The van der Waals surface area contributed by atoms with Crippen LogP contribution in [0.15, 0.2) is 0 Å². The van der Waals surface area contributed by atoms with Crippen LogP contribution in [0.1, 0.15) is 20.8 Å². The van der Waals surface area contributed by atoms with Gasteiger partial charge in [0.25, 0.3) is 5.92 Å². The van der Waals surface area contributed by atoms with Gasteiger partial charge in [-0.2, -0.15) is 0 Å². The number of aliphatic hydroxyl groups excluding tert-OH is 1. The van der Waals surface area contributed by atoms with Crippen LogP contribution in [0.2, 0.25) is 0 Å². The van der Waals surface area contributed by atoms with Crippen LogP contribution in [-0.2, 0) is 4.74 Å². The largest absolute Gasteiger partial charge is 0.444 e. The highest BCUT2D eigenvalue weighted by Crippen LogP contribution is 2.62. The number of alkyl halides is 2. The van der Waals surface area contributed by atoms with Crippen molar-refractivity contribution in [1.82, 2.24) is 4.90 Å². The van der Waals surface area contributed by atoms with Crippen LogP contribution in [0, 0.1) is 11.8 Å². The molecule has 2 aliphatic rings. The number of rotatable bonds is 1. The molecule has 0 spiro atoms. The van der Waals surface area contributed by atoms with E-state index in [-0.39, 0.29) is 6.54 Å². The molecule has 6 heteroatoms. The van der Waals surface area contributed by atoms with Crippen molar-refractivity contribution in [3.05, 3.63) is 0 Å². The van der Waals surface area contributed by atoms with Gasteiger partial charge < -0.3 is 14.7 Å². The van der Waals surface area contributed by atoms with Gasteiger partial charge in [0.15, 0.2) is 0 Å². The number of carbonyl (C=O) groups is 1. The van der Waals surface area contributed by atoms with Crippen molar-refractivity contribution >= 4 is 6.09 Å². The third-order valence-corrected chi connectivity index (χ3v) is 3.29. The molecule has 17 heavy (non-hydrogen) atoms. The van der Waals surface area contributed by atoms with E-state index in [2.05, 4.69) is 0 Å². The first-order valence-electron chi connectivity index (χ1n) is 5.67. The van der Waals surface area contributed by atoms with Crippen molar-refractivity contribution in [3.8, 4) is 0 Å². The molecule has 1 N–H and O–H groups in total. The molecule has 0 aromatic carbocycles. The summed E-state index contributed by atoms with van der Waals surface area (Å²) in [5.74, 6) is -4.45. The zero-order valence-corrected chi connectivity index (χ0v) is 10.1. The van der Waals surface area contributed by atoms with Gasteiger partial charge in [0.05, 0.1) is 24.5 Å². The van der Waals surface area contributed by atoms with Crippen LogP contribution in [0.25, 0.3) is 0 Å². The Kier molecular flexibility index (Phi) is 2.61. The van der Waals surface area contributed by atoms with Crippen molar-refractivity contribution < 1.29 is 23.4 Å². The third-order valence-electron chi connectivity index (χ3n) is 3.29. The molecule has 1 amide bonds. The molecule has 1 heterocycles. The normalized spacial score (nSPS) is 34.5. The first-order valence-corrected chi connectivity index (χ1v) is 5.67. The lowest BCUT2D eigenvalue weighted by Crippen LogP contribution is -2.45. The van der Waals surface area contributed by atoms with Gasteiger partial charge in [-0.1, -0.05) is 0 Å². The van der Waals surface area contributed by atoms with E-state index < -0.39 is 42.1 Å². The number of ether oxygens (including phenoxy) is 1. The van der Waals surface area contributed by atoms with Gasteiger partial charge in [-0.3, -0.25) is 0 Å². The number of hydrogen-bond acceptors (Lipinski definition) is 3. The van der Waals surface area contributed by atoms with Crippen molar-refractivity contribution in [2.75, 3.05) is 13.2 Å². The number of piperidine rings is 1. The predicted molar refractivity (Wildman–Crippen MR) is 55.7 cm³/mol. The van der Waals surface area contributed by atoms with Gasteiger partial charge in [0.2, 0.25) is 0 Å². The summed E-state index contributed by atoms with van der Waals surface area (Å²) < 4.78 is 31.4. The summed E-state index contributed by atoms with van der Waals surface area (Å²) in [6, 6.07) is -0.815. The van der Waals surface area contributed by atoms with E-state index in [9.17, 15) is 13.6 Å². The van der Waals surface area contributed by atoms with Crippen molar-refractivity contribution in [3.63, 3.8) is 0 Å². The fourth-order valence-electron chi connectivity index (χ4n) is 2.46. The van der Waals surface area contributed by atoms with Crippen molar-refractivity contribution in [1.29, 1.82) is 0 Å². The van der Waals surface area contributed by atoms with Gasteiger partial charge in [0.1, 0.15) is 5.60 Å². The minimum absolute atomic E-state index is 0.0300. The molecule has 0 radical (unpaired) electrons. The lowest BCUT2D eigenvalue weighted by molar-refractivity contribution is -0.0114. The number of fused-ring (bicyclic) bond motifs is 1. The second-order valence-corrected chi connectivity index (χ2v) is 5.69. The number of carbonyl (C=O) groups excluding carboxylic acids is 1. The topological polar surface area (TPSA) is 49.8 Å². The van der Waals surface area contributed by atoms with Crippen LogP contribution >= 0.6 is 0 Å². The quantitative estimate of drug-likeness (QED) is 0.765. The van der Waals surface area contributed by atoms with E-state index in [1.165, 1.54) is 4.90 Å². The Balaban J connectivity index is 2.03. The van der Waals surface area contributed by atoms with Crippen molar-refractivity contribution in [2.24, 2.45) is 11.8 Å². The Hall–Kier alpha value is -0.910. The predicted octanol–water partition coefficient (Wildman–Crippen LogP) is 1.48. The molecule has 0 aromatic rings. The summed E-state index contributed by atoms with van der Waals surface area (Å²) >= 11 is 0. The van der Waals surface area contributed by atoms with Gasteiger partial charge >= 0.3 is 6.09 Å². The molecular formula is C11H17F2NO3. The molecular weight excluding hydrogens is 232 g/mol. The highest BCUT2D eigenvalue weighted by atomic mass is 19.3. The molecule has 2 fully saturated rings. The average molecular weight is 249 g/mol. The van der Waals surface area contributed by atoms with E-state index in [4.69, 9.17) is 9.84 Å². The number of likely N-dealkylation sites (tertiary alicyclic amines) is 1. The number of amides is 1. The van der Waals surface area contributed by atoms with Crippen LogP contribution in [0.3, 0.4) is 0 Å².